The Morgan fingerprint density at radius 1 is 0.592 bits per heavy atom. The van der Waals surface area contributed by atoms with Gasteiger partial charge in [0, 0.05) is 40.0 Å². The first kappa shape index (κ1) is 32.5. The highest BCUT2D eigenvalue weighted by molar-refractivity contribution is 6.09. The zero-order valence-corrected chi connectivity index (χ0v) is 27.3. The first-order chi connectivity index (χ1) is 24.2. The van der Waals surface area contributed by atoms with E-state index in [-0.39, 0.29) is 0 Å². The fourth-order valence-corrected chi connectivity index (χ4v) is 5.75. The highest BCUT2D eigenvalue weighted by atomic mass is 15.1. The molecule has 0 atom stereocenters. The van der Waals surface area contributed by atoms with Crippen LogP contribution in [0.3, 0.4) is 0 Å². The van der Waals surface area contributed by atoms with Gasteiger partial charge in [-0.1, -0.05) is 115 Å². The van der Waals surface area contributed by atoms with Gasteiger partial charge in [0.25, 0.3) is 0 Å². The van der Waals surface area contributed by atoms with Crippen molar-refractivity contribution in [3.63, 3.8) is 0 Å². The Labute approximate surface area is 286 Å². The maximum Gasteiger partial charge on any atom is 0.154 e. The van der Waals surface area contributed by atoms with E-state index in [1.807, 2.05) is 83.7 Å². The van der Waals surface area contributed by atoms with Gasteiger partial charge < -0.3 is 9.13 Å². The van der Waals surface area contributed by atoms with E-state index in [9.17, 15) is 0 Å². The number of hydrogen-bond donors (Lipinski definition) is 0. The minimum Gasteiger partial charge on any atom is -0.321 e. The first-order valence-electron chi connectivity index (χ1n) is 16.0. The van der Waals surface area contributed by atoms with Gasteiger partial charge in [0.2, 0.25) is 0 Å². The van der Waals surface area contributed by atoms with E-state index >= 15 is 0 Å². The minimum absolute atomic E-state index is 0.401. The van der Waals surface area contributed by atoms with Crippen molar-refractivity contribution in [3.05, 3.63) is 169 Å². The van der Waals surface area contributed by atoms with Crippen LogP contribution in [0.15, 0.2) is 177 Å². The lowest BCUT2D eigenvalue weighted by atomic mass is 10.2. The molecule has 0 amide bonds. The number of nitrogens with zero attached hydrogens (tertiary/aromatic N) is 7. The van der Waals surface area contributed by atoms with Gasteiger partial charge in [-0.25, -0.2) is 4.99 Å². The van der Waals surface area contributed by atoms with E-state index in [0.29, 0.717) is 25.6 Å². The lowest BCUT2D eigenvalue weighted by Crippen LogP contribution is -2.07. The summed E-state index contributed by atoms with van der Waals surface area (Å²) in [7, 11) is 0. The molecule has 0 bridgehead atoms. The van der Waals surface area contributed by atoms with Gasteiger partial charge in [0.1, 0.15) is 6.67 Å². The summed E-state index contributed by atoms with van der Waals surface area (Å²) >= 11 is 0. The van der Waals surface area contributed by atoms with Crippen LogP contribution in [-0.4, -0.2) is 47.4 Å². The number of rotatable bonds is 10. The molecule has 0 unspecified atom stereocenters. The Hall–Kier alpha value is -6.47. The summed E-state index contributed by atoms with van der Waals surface area (Å²) < 4.78 is 4.28. The van der Waals surface area contributed by atoms with E-state index in [0.717, 1.165) is 39.2 Å². The highest BCUT2D eigenvalue weighted by Crippen LogP contribution is 2.29. The van der Waals surface area contributed by atoms with Gasteiger partial charge in [-0.3, -0.25) is 20.0 Å². The van der Waals surface area contributed by atoms with Gasteiger partial charge in [-0.15, -0.1) is 0 Å². The molecular weight excluding hydrogens is 603 g/mol. The molecule has 0 aliphatic heterocycles. The minimum atomic E-state index is 0.401. The lowest BCUT2D eigenvalue weighted by molar-refractivity contribution is 0.790. The highest BCUT2D eigenvalue weighted by Gasteiger charge is 2.14. The van der Waals surface area contributed by atoms with Crippen LogP contribution in [0.5, 0.6) is 0 Å². The molecule has 7 rings (SSSR count). The van der Waals surface area contributed by atoms with E-state index < -0.39 is 0 Å². The van der Waals surface area contributed by atoms with Crippen LogP contribution < -0.4 is 0 Å². The summed E-state index contributed by atoms with van der Waals surface area (Å²) in [6.45, 7) is 12.5. The predicted molar refractivity (Wildman–Crippen MR) is 208 cm³/mol. The molecule has 0 radical (unpaired) electrons. The summed E-state index contributed by atoms with van der Waals surface area (Å²) in [4.78, 5) is 21.8. The van der Waals surface area contributed by atoms with E-state index in [1.165, 1.54) is 16.3 Å². The Bertz CT molecular complexity index is 2190. The topological polar surface area (TPSA) is 71.7 Å². The molecule has 0 saturated carbocycles. The zero-order valence-electron chi connectivity index (χ0n) is 27.3. The summed E-state index contributed by atoms with van der Waals surface area (Å²) in [6.07, 6.45) is 4.01. The zero-order chi connectivity index (χ0) is 33.8. The largest absolute Gasteiger partial charge is 0.321 e. The average Bonchev–Trinajstić information content (AvgIpc) is 3.75. The molecule has 49 heavy (non-hydrogen) atoms. The van der Waals surface area contributed by atoms with Crippen LogP contribution in [-0.2, 0) is 13.2 Å². The van der Waals surface area contributed by atoms with Crippen molar-refractivity contribution in [1.82, 2.24) is 9.13 Å². The molecule has 0 N–H and O–H groups in total. The van der Waals surface area contributed by atoms with Crippen LogP contribution in [0, 0.1) is 0 Å². The number of hydrogen-bond acceptors (Lipinski definition) is 4. The van der Waals surface area contributed by atoms with Crippen molar-refractivity contribution in [2.24, 2.45) is 25.0 Å². The Morgan fingerprint density at radius 2 is 1.16 bits per heavy atom. The predicted octanol–water partition coefficient (Wildman–Crippen LogP) is 9.40. The van der Waals surface area contributed by atoms with Gasteiger partial charge in [-0.2, -0.15) is 0 Å². The monoisotopic (exact) mass is 639 g/mol. The maximum atomic E-state index is 4.99. The average molecular weight is 640 g/mol. The van der Waals surface area contributed by atoms with E-state index in [2.05, 4.69) is 117 Å². The van der Waals surface area contributed by atoms with Crippen molar-refractivity contribution in [2.75, 3.05) is 6.54 Å². The molecule has 2 heterocycles. The third-order valence-corrected chi connectivity index (χ3v) is 8.12. The molecule has 0 spiro atoms. The second kappa shape index (κ2) is 15.9. The SMILES string of the molecule is C=NC(=NCc1ccccc1)c1ccccc1.C=NC/C(=N/Cn1c2ccccc2c2ccccc21)c1cn(-c2ccccc2)cc1N=C. The second-order valence-electron chi connectivity index (χ2n) is 11.2. The second-order valence-corrected chi connectivity index (χ2v) is 11.2. The molecule has 0 fully saturated rings. The number of fused-ring (bicyclic) bond motifs is 3. The van der Waals surface area contributed by atoms with Crippen LogP contribution in [0.2, 0.25) is 0 Å². The molecule has 0 aliphatic rings. The van der Waals surface area contributed by atoms with Gasteiger partial charge >= 0.3 is 0 Å². The van der Waals surface area contributed by atoms with Gasteiger partial charge in [-0.05, 0) is 50.0 Å². The molecule has 240 valence electrons. The molecular formula is C42H37N7. The fourth-order valence-electron chi connectivity index (χ4n) is 5.75. The van der Waals surface area contributed by atoms with Gasteiger partial charge in [0.05, 0.1) is 35.5 Å². The number of benzene rings is 5. The van der Waals surface area contributed by atoms with Crippen LogP contribution >= 0.6 is 0 Å². The molecule has 7 heteroatoms. The number of aromatic nitrogens is 2. The van der Waals surface area contributed by atoms with Crippen LogP contribution in [0.1, 0.15) is 16.7 Å². The molecule has 0 saturated heterocycles. The van der Waals surface area contributed by atoms with Crippen LogP contribution in [0.4, 0.5) is 5.69 Å². The molecule has 2 aromatic heterocycles. The normalized spacial score (nSPS) is 11.6. The quantitative estimate of drug-likeness (QED) is 0.106. The van der Waals surface area contributed by atoms with Crippen molar-refractivity contribution in [3.8, 4) is 5.69 Å². The van der Waals surface area contributed by atoms with E-state index in [1.54, 1.807) is 0 Å². The number of amidine groups is 1. The lowest BCUT2D eigenvalue weighted by Gasteiger charge is -2.07. The Balaban J connectivity index is 0.000000207. The van der Waals surface area contributed by atoms with Crippen molar-refractivity contribution in [2.45, 2.75) is 13.2 Å². The Morgan fingerprint density at radius 3 is 1.76 bits per heavy atom. The third-order valence-electron chi connectivity index (χ3n) is 8.12. The summed E-state index contributed by atoms with van der Waals surface area (Å²) in [5.74, 6) is 0.689. The van der Waals surface area contributed by atoms with Crippen molar-refractivity contribution >= 4 is 59.2 Å². The van der Waals surface area contributed by atoms with Gasteiger partial charge in [0.15, 0.2) is 5.84 Å². The molecule has 7 aromatic rings. The fraction of sp³-hybridized carbons (Fsp3) is 0.0714. The summed E-state index contributed by atoms with van der Waals surface area (Å²) in [5, 5.41) is 2.45. The smallest absolute Gasteiger partial charge is 0.154 e. The van der Waals surface area contributed by atoms with Crippen LogP contribution in [0.25, 0.3) is 27.5 Å². The summed E-state index contributed by atoms with van der Waals surface area (Å²) in [6, 6.07) is 47.0. The maximum absolute atomic E-state index is 4.99. The number of aliphatic imine (C=N–C) groups is 5. The van der Waals surface area contributed by atoms with Crippen molar-refractivity contribution < 1.29 is 0 Å². The third kappa shape index (κ3) is 7.58. The molecule has 0 aliphatic carbocycles. The van der Waals surface area contributed by atoms with E-state index in [4.69, 9.17) is 4.99 Å². The molecule has 7 nitrogen and oxygen atoms in total. The van der Waals surface area contributed by atoms with Crippen molar-refractivity contribution in [1.29, 1.82) is 0 Å². The molecule has 5 aromatic carbocycles. The number of para-hydroxylation sites is 3. The first-order valence-corrected chi connectivity index (χ1v) is 16.0. The Kier molecular flexibility index (Phi) is 10.5. The summed E-state index contributed by atoms with van der Waals surface area (Å²) in [5.41, 5.74) is 8.06. The standard InChI is InChI=1S/C27H23N5.C15H14N2/c1-28-16-24(23-17-31(18-25(23)29-2)20-10-4-3-5-11-20)30-19-32-26-14-8-6-12-21(26)22-13-7-9-15-27(22)32;1-16-15(14-10-6-3-7-11-14)17-12-13-8-4-2-5-9-13/h3-15,17-18H,1-2,16,19H2;2-11H,1,12H2/b30-24-;.